The Hall–Kier alpha value is -3.45. The number of pyridine rings is 1. The van der Waals surface area contributed by atoms with Gasteiger partial charge < -0.3 is 19.5 Å². The molecule has 0 unspecified atom stereocenters. The SMILES string of the molecule is COc1c(C#CC2=CCN(C)CC2)cnc(Oc2nn[nH]c2C(=O)O)c1F. The minimum atomic E-state index is -1.35. The van der Waals surface area contributed by atoms with E-state index in [1.165, 1.54) is 13.3 Å². The Labute approximate surface area is 153 Å². The van der Waals surface area contributed by atoms with Crippen LogP contribution in [-0.2, 0) is 0 Å². The van der Waals surface area contributed by atoms with Crippen molar-refractivity contribution < 1.29 is 23.8 Å². The van der Waals surface area contributed by atoms with Crippen LogP contribution in [-0.4, -0.2) is 63.6 Å². The van der Waals surface area contributed by atoms with Gasteiger partial charge in [-0.05, 0) is 13.5 Å². The normalized spacial score (nSPS) is 14.1. The van der Waals surface area contributed by atoms with E-state index >= 15 is 0 Å². The number of carbonyl (C=O) groups is 1. The molecule has 0 saturated heterocycles. The fourth-order valence-electron chi connectivity index (χ4n) is 2.37. The number of hydrogen-bond acceptors (Lipinski definition) is 7. The molecule has 27 heavy (non-hydrogen) atoms. The molecule has 0 saturated carbocycles. The lowest BCUT2D eigenvalue weighted by Gasteiger charge is -2.19. The zero-order valence-electron chi connectivity index (χ0n) is 14.6. The third-order valence-corrected chi connectivity index (χ3v) is 3.84. The lowest BCUT2D eigenvalue weighted by atomic mass is 10.1. The van der Waals surface area contributed by atoms with E-state index in [2.05, 4.69) is 37.1 Å². The predicted octanol–water partition coefficient (Wildman–Crippen LogP) is 1.45. The van der Waals surface area contributed by atoms with Crippen molar-refractivity contribution in [3.63, 3.8) is 0 Å². The molecule has 10 heteroatoms. The van der Waals surface area contributed by atoms with Crippen LogP contribution in [0.2, 0.25) is 0 Å². The van der Waals surface area contributed by atoms with E-state index in [1.54, 1.807) is 0 Å². The number of aromatic carboxylic acids is 1. The summed E-state index contributed by atoms with van der Waals surface area (Å²) in [6, 6.07) is 0. The standard InChI is InChI=1S/C17H16FN5O4/c1-23-7-5-10(6-8-23)3-4-11-9-19-15(12(18)14(11)26-2)27-16-13(17(24)25)20-22-21-16/h5,9H,6-8H2,1-2H3,(H,24,25)(H,20,21,22). The molecule has 0 bridgehead atoms. The van der Waals surface area contributed by atoms with E-state index in [0.29, 0.717) is 0 Å². The van der Waals surface area contributed by atoms with Crippen LogP contribution in [0.3, 0.4) is 0 Å². The molecule has 0 fully saturated rings. The van der Waals surface area contributed by atoms with E-state index in [1.807, 2.05) is 13.1 Å². The Kier molecular flexibility index (Phi) is 5.33. The minimum Gasteiger partial charge on any atom is -0.492 e. The van der Waals surface area contributed by atoms with Crippen molar-refractivity contribution in [2.75, 3.05) is 27.2 Å². The molecule has 2 aromatic rings. The number of nitrogens with one attached hydrogen (secondary N) is 1. The molecule has 3 heterocycles. The number of hydrogen-bond donors (Lipinski definition) is 2. The molecule has 140 valence electrons. The molecule has 0 aliphatic carbocycles. The predicted molar refractivity (Wildman–Crippen MR) is 91.2 cm³/mol. The summed E-state index contributed by atoms with van der Waals surface area (Å²) in [6.45, 7) is 1.71. The van der Waals surface area contributed by atoms with Gasteiger partial charge in [-0.25, -0.2) is 14.9 Å². The van der Waals surface area contributed by atoms with E-state index in [4.69, 9.17) is 14.6 Å². The average Bonchev–Trinajstić information content (AvgIpc) is 3.12. The molecule has 1 aliphatic heterocycles. The summed E-state index contributed by atoms with van der Waals surface area (Å²) >= 11 is 0. The Morgan fingerprint density at radius 1 is 1.41 bits per heavy atom. The summed E-state index contributed by atoms with van der Waals surface area (Å²) in [5, 5.41) is 17.9. The molecule has 9 nitrogen and oxygen atoms in total. The van der Waals surface area contributed by atoms with Gasteiger partial charge in [-0.1, -0.05) is 28.2 Å². The van der Waals surface area contributed by atoms with Gasteiger partial charge in [0.1, 0.15) is 0 Å². The number of aromatic amines is 1. The highest BCUT2D eigenvalue weighted by Gasteiger charge is 2.22. The van der Waals surface area contributed by atoms with Gasteiger partial charge in [0.2, 0.25) is 11.5 Å². The fraction of sp³-hybridized carbons (Fsp3) is 0.294. The van der Waals surface area contributed by atoms with Crippen molar-refractivity contribution in [2.45, 2.75) is 6.42 Å². The summed E-state index contributed by atoms with van der Waals surface area (Å²) in [6.07, 6.45) is 4.12. The van der Waals surface area contributed by atoms with Crippen LogP contribution in [0.1, 0.15) is 22.5 Å². The second kappa shape index (κ2) is 7.84. The van der Waals surface area contributed by atoms with Crippen LogP contribution in [0.4, 0.5) is 4.39 Å². The maximum Gasteiger partial charge on any atom is 0.359 e. The maximum atomic E-state index is 14.7. The van der Waals surface area contributed by atoms with Crippen LogP contribution in [0.25, 0.3) is 0 Å². The summed E-state index contributed by atoms with van der Waals surface area (Å²) in [7, 11) is 3.31. The van der Waals surface area contributed by atoms with Crippen molar-refractivity contribution in [2.24, 2.45) is 0 Å². The van der Waals surface area contributed by atoms with Gasteiger partial charge in [0.05, 0.1) is 18.9 Å². The number of nitrogens with zero attached hydrogens (tertiary/aromatic N) is 4. The van der Waals surface area contributed by atoms with E-state index in [0.717, 1.165) is 25.1 Å². The lowest BCUT2D eigenvalue weighted by Crippen LogP contribution is -2.23. The van der Waals surface area contributed by atoms with Gasteiger partial charge >= 0.3 is 5.97 Å². The smallest absolute Gasteiger partial charge is 0.359 e. The van der Waals surface area contributed by atoms with Gasteiger partial charge in [0.25, 0.3) is 11.8 Å². The van der Waals surface area contributed by atoms with Crippen molar-refractivity contribution in [1.82, 2.24) is 25.3 Å². The maximum absolute atomic E-state index is 14.7. The number of carboxylic acid groups (broad SMARTS) is 1. The molecular weight excluding hydrogens is 357 g/mol. The topological polar surface area (TPSA) is 113 Å². The van der Waals surface area contributed by atoms with Gasteiger partial charge in [-0.2, -0.15) is 4.39 Å². The zero-order valence-corrected chi connectivity index (χ0v) is 14.6. The molecule has 2 aromatic heterocycles. The largest absolute Gasteiger partial charge is 0.492 e. The van der Waals surface area contributed by atoms with E-state index in [-0.39, 0.29) is 11.3 Å². The first-order valence-corrected chi connectivity index (χ1v) is 7.94. The van der Waals surface area contributed by atoms with Crippen molar-refractivity contribution in [1.29, 1.82) is 0 Å². The number of carboxylic acids is 1. The summed E-state index contributed by atoms with van der Waals surface area (Å²) in [5.74, 6) is 2.54. The van der Waals surface area contributed by atoms with Crippen LogP contribution >= 0.6 is 0 Å². The molecule has 0 aromatic carbocycles. The number of halogens is 1. The summed E-state index contributed by atoms with van der Waals surface area (Å²) in [4.78, 5) is 17.1. The van der Waals surface area contributed by atoms with Gasteiger partial charge in [-0.3, -0.25) is 0 Å². The molecular formula is C17H16FN5O4. The van der Waals surface area contributed by atoms with Crippen LogP contribution in [0, 0.1) is 17.7 Å². The molecule has 0 amide bonds. The number of rotatable bonds is 4. The highest BCUT2D eigenvalue weighted by Crippen LogP contribution is 2.31. The third-order valence-electron chi connectivity index (χ3n) is 3.84. The van der Waals surface area contributed by atoms with Crippen LogP contribution < -0.4 is 9.47 Å². The van der Waals surface area contributed by atoms with Crippen molar-refractivity contribution in [3.05, 3.63) is 34.9 Å². The second-order valence-electron chi connectivity index (χ2n) is 5.72. The second-order valence-corrected chi connectivity index (χ2v) is 5.72. The minimum absolute atomic E-state index is 0.151. The number of H-pyrrole nitrogens is 1. The first kappa shape index (κ1) is 18.3. The number of methoxy groups -OCH3 is 1. The Morgan fingerprint density at radius 3 is 2.89 bits per heavy atom. The highest BCUT2D eigenvalue weighted by molar-refractivity contribution is 5.87. The number of likely N-dealkylation sites (N-methyl/N-ethyl adjacent to an activating group) is 1. The Morgan fingerprint density at radius 2 is 2.22 bits per heavy atom. The summed E-state index contributed by atoms with van der Waals surface area (Å²) < 4.78 is 24.9. The van der Waals surface area contributed by atoms with Crippen molar-refractivity contribution in [3.8, 4) is 29.4 Å². The van der Waals surface area contributed by atoms with E-state index in [9.17, 15) is 9.18 Å². The molecule has 0 atom stereocenters. The quantitative estimate of drug-likeness (QED) is 0.774. The molecule has 0 radical (unpaired) electrons. The van der Waals surface area contributed by atoms with Crippen molar-refractivity contribution >= 4 is 5.97 Å². The first-order chi connectivity index (χ1) is 13.0. The highest BCUT2D eigenvalue weighted by atomic mass is 19.1. The lowest BCUT2D eigenvalue weighted by molar-refractivity contribution is 0.0687. The molecule has 3 rings (SSSR count). The monoisotopic (exact) mass is 373 g/mol. The average molecular weight is 373 g/mol. The Bertz CT molecular complexity index is 960. The first-order valence-electron chi connectivity index (χ1n) is 7.94. The third kappa shape index (κ3) is 4.04. The molecule has 1 aliphatic rings. The van der Waals surface area contributed by atoms with Gasteiger partial charge in [-0.15, -0.1) is 0 Å². The molecule has 2 N–H and O–H groups in total. The van der Waals surface area contributed by atoms with Gasteiger partial charge in [0, 0.05) is 18.7 Å². The van der Waals surface area contributed by atoms with Crippen LogP contribution in [0.15, 0.2) is 17.8 Å². The van der Waals surface area contributed by atoms with Gasteiger partial charge in [0.15, 0.2) is 5.75 Å². The summed E-state index contributed by atoms with van der Waals surface area (Å²) in [5.41, 5.74) is 0.790. The zero-order chi connectivity index (χ0) is 19.4. The van der Waals surface area contributed by atoms with Crippen LogP contribution in [0.5, 0.6) is 17.5 Å². The number of aromatic nitrogens is 4. The number of ether oxygens (including phenoxy) is 2. The molecule has 0 spiro atoms. The fourth-order valence-corrected chi connectivity index (χ4v) is 2.37. The Balaban J connectivity index is 1.88. The van der Waals surface area contributed by atoms with E-state index < -0.39 is 29.2 Å².